The monoisotopic (exact) mass is 258 g/mol. The number of nitrogen functional groups attached to an aromatic ring is 1. The second-order valence-electron chi connectivity index (χ2n) is 4.55. The zero-order chi connectivity index (χ0) is 13.3. The van der Waals surface area contributed by atoms with Gasteiger partial charge in [-0.05, 0) is 12.3 Å². The number of anilines is 2. The molecule has 0 amide bonds. The molecule has 2 rings (SSSR count). The van der Waals surface area contributed by atoms with Crippen molar-refractivity contribution in [3.05, 3.63) is 17.7 Å². The van der Waals surface area contributed by atoms with Crippen molar-refractivity contribution < 1.29 is 13.9 Å². The summed E-state index contributed by atoms with van der Waals surface area (Å²) in [5.74, 6) is 3.44. The number of aliphatic hydroxyl groups is 1. The van der Waals surface area contributed by atoms with E-state index < -0.39 is 17.7 Å². The van der Waals surface area contributed by atoms with Gasteiger partial charge in [-0.15, -0.1) is 0 Å². The number of nitrogens with zero attached hydrogens (tertiary/aromatic N) is 2. The molecule has 2 unspecified atom stereocenters. The predicted octanol–water partition coefficient (Wildman–Crippen LogP) is 0.853. The van der Waals surface area contributed by atoms with E-state index >= 15 is 0 Å². The van der Waals surface area contributed by atoms with Gasteiger partial charge in [0.1, 0.15) is 0 Å². The zero-order valence-corrected chi connectivity index (χ0v) is 10.0. The van der Waals surface area contributed by atoms with Gasteiger partial charge in [0.2, 0.25) is 0 Å². The van der Waals surface area contributed by atoms with Gasteiger partial charge in [0.15, 0.2) is 23.3 Å². The molecule has 0 bridgehead atoms. The van der Waals surface area contributed by atoms with E-state index in [9.17, 15) is 13.9 Å². The fourth-order valence-electron chi connectivity index (χ4n) is 2.11. The van der Waals surface area contributed by atoms with Crippen LogP contribution in [0.2, 0.25) is 0 Å². The summed E-state index contributed by atoms with van der Waals surface area (Å²) in [6.07, 6.45) is 0.141. The highest BCUT2D eigenvalue weighted by atomic mass is 19.1. The van der Waals surface area contributed by atoms with Crippen molar-refractivity contribution in [3.8, 4) is 0 Å². The fraction of sp³-hybridized carbons (Fsp3) is 0.545. The van der Waals surface area contributed by atoms with Gasteiger partial charge >= 0.3 is 0 Å². The second kappa shape index (κ2) is 5.03. The van der Waals surface area contributed by atoms with Crippen molar-refractivity contribution in [2.75, 3.05) is 23.4 Å². The van der Waals surface area contributed by atoms with Crippen molar-refractivity contribution in [2.45, 2.75) is 19.4 Å². The second-order valence-corrected chi connectivity index (χ2v) is 4.55. The molecule has 4 N–H and O–H groups in total. The zero-order valence-electron chi connectivity index (χ0n) is 10.0. The molecule has 0 radical (unpaired) electrons. The number of nitrogens with two attached hydrogens (primary N) is 1. The van der Waals surface area contributed by atoms with Crippen LogP contribution in [-0.2, 0) is 0 Å². The largest absolute Gasteiger partial charge is 0.393 e. The molecule has 1 aliphatic rings. The van der Waals surface area contributed by atoms with Crippen molar-refractivity contribution in [2.24, 2.45) is 11.8 Å². The van der Waals surface area contributed by atoms with Crippen molar-refractivity contribution >= 4 is 11.6 Å². The molecule has 1 aromatic rings. The lowest BCUT2D eigenvalue weighted by atomic mass is 9.97. The van der Waals surface area contributed by atoms with Crippen LogP contribution in [0.3, 0.4) is 0 Å². The standard InChI is InChI=1S/C11H16F2N4O/c1-6-5-17(3-2-9(6)18)11-8(13)4-7(12)10(15-11)16-14/h4,6,9,18H,2-3,5,14H2,1H3,(H,15,16). The molecule has 100 valence electrons. The van der Waals surface area contributed by atoms with Crippen LogP contribution in [0, 0.1) is 17.6 Å². The quantitative estimate of drug-likeness (QED) is 0.542. The van der Waals surface area contributed by atoms with Gasteiger partial charge in [-0.25, -0.2) is 19.6 Å². The number of piperidine rings is 1. The van der Waals surface area contributed by atoms with Crippen molar-refractivity contribution in [1.29, 1.82) is 0 Å². The van der Waals surface area contributed by atoms with E-state index in [0.717, 1.165) is 6.07 Å². The molecule has 0 aromatic carbocycles. The van der Waals surface area contributed by atoms with Crippen molar-refractivity contribution in [3.63, 3.8) is 0 Å². The van der Waals surface area contributed by atoms with E-state index in [1.807, 2.05) is 6.92 Å². The van der Waals surface area contributed by atoms with E-state index in [-0.39, 0.29) is 17.6 Å². The lowest BCUT2D eigenvalue weighted by Gasteiger charge is -2.35. The molecule has 2 atom stereocenters. The third-order valence-electron chi connectivity index (χ3n) is 3.21. The normalized spacial score (nSPS) is 24.2. The van der Waals surface area contributed by atoms with E-state index in [1.165, 1.54) is 0 Å². The van der Waals surface area contributed by atoms with Gasteiger partial charge in [-0.1, -0.05) is 6.92 Å². The third-order valence-corrected chi connectivity index (χ3v) is 3.21. The Bertz CT molecular complexity index is 443. The van der Waals surface area contributed by atoms with Crippen LogP contribution in [0.1, 0.15) is 13.3 Å². The average Bonchev–Trinajstić information content (AvgIpc) is 2.33. The summed E-state index contributed by atoms with van der Waals surface area (Å²) < 4.78 is 26.9. The number of pyridine rings is 1. The maximum Gasteiger partial charge on any atom is 0.178 e. The molecule has 18 heavy (non-hydrogen) atoms. The van der Waals surface area contributed by atoms with E-state index in [0.29, 0.717) is 19.5 Å². The molecule has 7 heteroatoms. The fourth-order valence-corrected chi connectivity index (χ4v) is 2.11. The minimum absolute atomic E-state index is 0.0132. The predicted molar refractivity (Wildman–Crippen MR) is 64.0 cm³/mol. The first-order valence-electron chi connectivity index (χ1n) is 5.78. The molecular weight excluding hydrogens is 242 g/mol. The third kappa shape index (κ3) is 2.37. The lowest BCUT2D eigenvalue weighted by molar-refractivity contribution is 0.0966. The Morgan fingerprint density at radius 2 is 2.22 bits per heavy atom. The van der Waals surface area contributed by atoms with Crippen molar-refractivity contribution in [1.82, 2.24) is 4.98 Å². The smallest absolute Gasteiger partial charge is 0.178 e. The summed E-state index contributed by atoms with van der Waals surface area (Å²) in [4.78, 5) is 5.52. The minimum Gasteiger partial charge on any atom is -0.393 e. The van der Waals surface area contributed by atoms with Gasteiger partial charge < -0.3 is 15.4 Å². The van der Waals surface area contributed by atoms with Gasteiger partial charge in [-0.2, -0.15) is 0 Å². The Balaban J connectivity index is 2.28. The number of hydrazine groups is 1. The summed E-state index contributed by atoms with van der Waals surface area (Å²) >= 11 is 0. The Labute approximate surface area is 104 Å². The number of aromatic nitrogens is 1. The van der Waals surface area contributed by atoms with E-state index in [4.69, 9.17) is 5.84 Å². The average molecular weight is 258 g/mol. The van der Waals surface area contributed by atoms with Crippen LogP contribution in [0.25, 0.3) is 0 Å². The highest BCUT2D eigenvalue weighted by molar-refractivity contribution is 5.49. The summed E-state index contributed by atoms with van der Waals surface area (Å²) in [6.45, 7) is 2.83. The topological polar surface area (TPSA) is 74.4 Å². The first-order chi connectivity index (χ1) is 8.52. The van der Waals surface area contributed by atoms with Crippen LogP contribution >= 0.6 is 0 Å². The van der Waals surface area contributed by atoms with Gasteiger partial charge in [-0.3, -0.25) is 0 Å². The van der Waals surface area contributed by atoms with Gasteiger partial charge in [0.05, 0.1) is 6.10 Å². The number of hydrogen-bond acceptors (Lipinski definition) is 5. The van der Waals surface area contributed by atoms with Gasteiger partial charge in [0, 0.05) is 19.2 Å². The summed E-state index contributed by atoms with van der Waals surface area (Å²) in [7, 11) is 0. The highest BCUT2D eigenvalue weighted by Gasteiger charge is 2.27. The van der Waals surface area contributed by atoms with Crippen LogP contribution < -0.4 is 16.2 Å². The number of halogens is 2. The Morgan fingerprint density at radius 1 is 1.50 bits per heavy atom. The number of rotatable bonds is 2. The number of hydrogen-bond donors (Lipinski definition) is 3. The first kappa shape index (κ1) is 13.0. The van der Waals surface area contributed by atoms with Crippen LogP contribution in [0.4, 0.5) is 20.4 Å². The van der Waals surface area contributed by atoms with E-state index in [1.54, 1.807) is 4.90 Å². The van der Waals surface area contributed by atoms with Gasteiger partial charge in [0.25, 0.3) is 0 Å². The molecule has 1 saturated heterocycles. The molecule has 1 aliphatic heterocycles. The summed E-state index contributed by atoms with van der Waals surface area (Å²) in [5, 5.41) is 9.62. The maximum absolute atomic E-state index is 13.7. The Kier molecular flexibility index (Phi) is 3.63. The lowest BCUT2D eigenvalue weighted by Crippen LogP contribution is -2.42. The van der Waals surface area contributed by atoms with Crippen LogP contribution in [0.15, 0.2) is 6.07 Å². The van der Waals surface area contributed by atoms with Crippen LogP contribution in [-0.4, -0.2) is 29.3 Å². The Hall–Kier alpha value is -1.47. The highest BCUT2D eigenvalue weighted by Crippen LogP contribution is 2.26. The van der Waals surface area contributed by atoms with E-state index in [2.05, 4.69) is 10.4 Å². The molecule has 0 spiro atoms. The summed E-state index contributed by atoms with van der Waals surface area (Å²) in [5.41, 5.74) is 2.09. The minimum atomic E-state index is -0.830. The molecule has 0 saturated carbocycles. The first-order valence-corrected chi connectivity index (χ1v) is 5.78. The molecular formula is C11H16F2N4O. The molecule has 1 fully saturated rings. The molecule has 5 nitrogen and oxygen atoms in total. The Morgan fingerprint density at radius 3 is 2.83 bits per heavy atom. The maximum atomic E-state index is 13.7. The number of nitrogens with one attached hydrogen (secondary N) is 1. The number of aliphatic hydroxyl groups excluding tert-OH is 1. The molecule has 0 aliphatic carbocycles. The molecule has 2 heterocycles. The molecule has 1 aromatic heterocycles. The summed E-state index contributed by atoms with van der Waals surface area (Å²) in [6, 6.07) is 0.757. The SMILES string of the molecule is CC1CN(c2nc(NN)c(F)cc2F)CCC1O. The van der Waals surface area contributed by atoms with Crippen LogP contribution in [0.5, 0.6) is 0 Å².